The van der Waals surface area contributed by atoms with Crippen LogP contribution in [0.2, 0.25) is 0 Å². The predicted molar refractivity (Wildman–Crippen MR) is 63.0 cm³/mol. The lowest BCUT2D eigenvalue weighted by atomic mass is 10.1. The van der Waals surface area contributed by atoms with Crippen molar-refractivity contribution in [3.8, 4) is 0 Å². The second kappa shape index (κ2) is 5.60. The van der Waals surface area contributed by atoms with Crippen LogP contribution in [0.25, 0.3) is 0 Å². The van der Waals surface area contributed by atoms with Gasteiger partial charge < -0.3 is 21.3 Å². The number of carbonyl (C=O) groups excluding carboxylic acids is 1. The number of hydrogen-bond donors (Lipinski definition) is 4. The van der Waals surface area contributed by atoms with Crippen molar-refractivity contribution in [1.29, 1.82) is 0 Å². The number of aliphatic hydroxyl groups excluding tert-OH is 2. The van der Waals surface area contributed by atoms with Crippen LogP contribution in [0.3, 0.4) is 0 Å². The van der Waals surface area contributed by atoms with E-state index in [9.17, 15) is 15.0 Å². The molecule has 0 aliphatic heterocycles. The van der Waals surface area contributed by atoms with Gasteiger partial charge in [0.15, 0.2) is 0 Å². The first-order chi connectivity index (χ1) is 7.93. The normalized spacial score (nSPS) is 14.1. The SMILES string of the molecule is CC(=O)NCC(O)C(O)c1nccc(C)c1N. The zero-order valence-electron chi connectivity index (χ0n) is 9.84. The number of rotatable bonds is 4. The molecule has 0 radical (unpaired) electrons. The molecule has 1 rings (SSSR count). The Kier molecular flexibility index (Phi) is 4.42. The minimum atomic E-state index is -1.22. The van der Waals surface area contributed by atoms with Gasteiger partial charge in [0, 0.05) is 19.7 Å². The summed E-state index contributed by atoms with van der Waals surface area (Å²) in [4.78, 5) is 14.6. The summed E-state index contributed by atoms with van der Waals surface area (Å²) in [6, 6.07) is 1.71. The molecule has 6 nitrogen and oxygen atoms in total. The molecule has 0 saturated carbocycles. The number of nitrogens with one attached hydrogen (secondary N) is 1. The number of amides is 1. The van der Waals surface area contributed by atoms with E-state index in [2.05, 4.69) is 10.3 Å². The van der Waals surface area contributed by atoms with E-state index in [1.807, 2.05) is 0 Å². The van der Waals surface area contributed by atoms with Crippen LogP contribution in [0, 0.1) is 6.92 Å². The smallest absolute Gasteiger partial charge is 0.216 e. The first-order valence-corrected chi connectivity index (χ1v) is 5.25. The summed E-state index contributed by atoms with van der Waals surface area (Å²) in [6.45, 7) is 3.07. The Bertz CT molecular complexity index is 409. The lowest BCUT2D eigenvalue weighted by Gasteiger charge is -2.19. The highest BCUT2D eigenvalue weighted by atomic mass is 16.3. The third kappa shape index (κ3) is 3.40. The first-order valence-electron chi connectivity index (χ1n) is 5.25. The second-order valence-electron chi connectivity index (χ2n) is 3.88. The third-order valence-corrected chi connectivity index (χ3v) is 2.44. The lowest BCUT2D eigenvalue weighted by Crippen LogP contribution is -2.34. The number of hydrogen-bond acceptors (Lipinski definition) is 5. The minimum absolute atomic E-state index is 0.0500. The Balaban J connectivity index is 2.77. The Morgan fingerprint density at radius 2 is 2.24 bits per heavy atom. The van der Waals surface area contributed by atoms with Gasteiger partial charge in [-0.25, -0.2) is 0 Å². The number of aryl methyl sites for hydroxylation is 1. The van der Waals surface area contributed by atoms with Crippen molar-refractivity contribution in [3.05, 3.63) is 23.5 Å². The standard InChI is InChI=1S/C11H17N3O3/c1-6-3-4-13-10(9(6)12)11(17)8(16)5-14-7(2)15/h3-4,8,11,16-17H,5,12H2,1-2H3,(H,14,15). The summed E-state index contributed by atoms with van der Waals surface area (Å²) >= 11 is 0. The first kappa shape index (κ1) is 13.4. The van der Waals surface area contributed by atoms with Gasteiger partial charge in [0.1, 0.15) is 12.2 Å². The van der Waals surface area contributed by atoms with E-state index in [-0.39, 0.29) is 18.1 Å². The highest BCUT2D eigenvalue weighted by molar-refractivity contribution is 5.72. The van der Waals surface area contributed by atoms with Gasteiger partial charge >= 0.3 is 0 Å². The molecule has 0 saturated heterocycles. The second-order valence-corrected chi connectivity index (χ2v) is 3.88. The van der Waals surface area contributed by atoms with E-state index in [0.717, 1.165) is 5.56 Å². The molecule has 1 heterocycles. The zero-order valence-corrected chi connectivity index (χ0v) is 9.84. The summed E-state index contributed by atoms with van der Waals surface area (Å²) in [5.74, 6) is -0.276. The maximum atomic E-state index is 10.7. The Morgan fingerprint density at radius 1 is 1.59 bits per heavy atom. The quantitative estimate of drug-likeness (QED) is 0.566. The average molecular weight is 239 g/mol. The van der Waals surface area contributed by atoms with Crippen LogP contribution in [-0.4, -0.2) is 33.8 Å². The van der Waals surface area contributed by atoms with Crippen LogP contribution >= 0.6 is 0 Å². The maximum absolute atomic E-state index is 10.7. The van der Waals surface area contributed by atoms with Crippen LogP contribution < -0.4 is 11.1 Å². The van der Waals surface area contributed by atoms with Crippen LogP contribution in [0.5, 0.6) is 0 Å². The molecule has 0 spiro atoms. The Morgan fingerprint density at radius 3 is 2.82 bits per heavy atom. The summed E-state index contributed by atoms with van der Waals surface area (Å²) < 4.78 is 0. The van der Waals surface area contributed by atoms with Crippen molar-refractivity contribution < 1.29 is 15.0 Å². The molecule has 5 N–H and O–H groups in total. The minimum Gasteiger partial charge on any atom is -0.397 e. The number of pyridine rings is 1. The molecule has 0 fully saturated rings. The van der Waals surface area contributed by atoms with Crippen molar-refractivity contribution in [2.24, 2.45) is 0 Å². The van der Waals surface area contributed by atoms with Gasteiger partial charge in [-0.05, 0) is 18.6 Å². The van der Waals surface area contributed by atoms with Crippen molar-refractivity contribution in [1.82, 2.24) is 10.3 Å². The van der Waals surface area contributed by atoms with Crippen LogP contribution in [0.1, 0.15) is 24.3 Å². The molecule has 2 unspecified atom stereocenters. The van der Waals surface area contributed by atoms with Gasteiger partial charge in [-0.2, -0.15) is 0 Å². The molecule has 2 atom stereocenters. The molecule has 1 aromatic heterocycles. The van der Waals surface area contributed by atoms with Gasteiger partial charge in [0.2, 0.25) is 5.91 Å². The van der Waals surface area contributed by atoms with Crippen LogP contribution in [0.4, 0.5) is 5.69 Å². The molecule has 6 heteroatoms. The molecule has 0 bridgehead atoms. The summed E-state index contributed by atoms with van der Waals surface area (Å²) in [5, 5.41) is 22.0. The maximum Gasteiger partial charge on any atom is 0.216 e. The van der Waals surface area contributed by atoms with Gasteiger partial charge in [0.05, 0.1) is 11.4 Å². The highest BCUT2D eigenvalue weighted by Crippen LogP contribution is 2.23. The fraction of sp³-hybridized carbons (Fsp3) is 0.455. The van der Waals surface area contributed by atoms with E-state index in [4.69, 9.17) is 5.73 Å². The monoisotopic (exact) mass is 239 g/mol. The largest absolute Gasteiger partial charge is 0.397 e. The van der Waals surface area contributed by atoms with Crippen LogP contribution in [0.15, 0.2) is 12.3 Å². The van der Waals surface area contributed by atoms with E-state index >= 15 is 0 Å². The Labute approximate surface area is 99.5 Å². The van der Waals surface area contributed by atoms with Crippen molar-refractivity contribution in [2.75, 3.05) is 12.3 Å². The summed E-state index contributed by atoms with van der Waals surface area (Å²) in [6.07, 6.45) is -0.854. The van der Waals surface area contributed by atoms with E-state index in [1.165, 1.54) is 13.1 Å². The van der Waals surface area contributed by atoms with E-state index < -0.39 is 12.2 Å². The molecule has 17 heavy (non-hydrogen) atoms. The molecule has 0 aliphatic carbocycles. The zero-order chi connectivity index (χ0) is 13.0. The number of aliphatic hydroxyl groups is 2. The van der Waals surface area contributed by atoms with Crippen molar-refractivity contribution in [2.45, 2.75) is 26.1 Å². The highest BCUT2D eigenvalue weighted by Gasteiger charge is 2.22. The van der Waals surface area contributed by atoms with Gasteiger partial charge in [-0.3, -0.25) is 9.78 Å². The molecular formula is C11H17N3O3. The molecule has 1 aromatic rings. The summed E-state index contributed by atoms with van der Waals surface area (Å²) in [5.41, 5.74) is 7.11. The number of anilines is 1. The molecule has 0 aromatic carbocycles. The number of nitrogens with zero attached hydrogens (tertiary/aromatic N) is 1. The fourth-order valence-electron chi connectivity index (χ4n) is 1.37. The molecule has 94 valence electrons. The van der Waals surface area contributed by atoms with Crippen molar-refractivity contribution in [3.63, 3.8) is 0 Å². The van der Waals surface area contributed by atoms with E-state index in [1.54, 1.807) is 13.0 Å². The van der Waals surface area contributed by atoms with E-state index in [0.29, 0.717) is 5.69 Å². The van der Waals surface area contributed by atoms with Crippen LogP contribution in [-0.2, 0) is 4.79 Å². The number of nitrogen functional groups attached to an aromatic ring is 1. The molecule has 0 aliphatic rings. The van der Waals surface area contributed by atoms with Gasteiger partial charge in [-0.1, -0.05) is 0 Å². The summed E-state index contributed by atoms with van der Waals surface area (Å²) in [7, 11) is 0. The predicted octanol–water partition coefficient (Wildman–Crippen LogP) is -0.497. The molecule has 1 amide bonds. The third-order valence-electron chi connectivity index (χ3n) is 2.44. The topological polar surface area (TPSA) is 108 Å². The number of aromatic nitrogens is 1. The van der Waals surface area contributed by atoms with Gasteiger partial charge in [-0.15, -0.1) is 0 Å². The fourth-order valence-corrected chi connectivity index (χ4v) is 1.37. The van der Waals surface area contributed by atoms with Gasteiger partial charge in [0.25, 0.3) is 0 Å². The average Bonchev–Trinajstić information content (AvgIpc) is 2.28. The Hall–Kier alpha value is -1.66. The lowest BCUT2D eigenvalue weighted by molar-refractivity contribution is -0.119. The van der Waals surface area contributed by atoms with Crippen molar-refractivity contribution >= 4 is 11.6 Å². The molecular weight excluding hydrogens is 222 g/mol. The number of nitrogens with two attached hydrogens (primary N) is 1. The number of carbonyl (C=O) groups is 1.